The second kappa shape index (κ2) is 7.05. The van der Waals surface area contributed by atoms with E-state index in [2.05, 4.69) is 20.0 Å². The molecule has 0 saturated heterocycles. The molecular weight excluding hydrogens is 236 g/mol. The summed E-state index contributed by atoms with van der Waals surface area (Å²) < 4.78 is 4.55. The van der Waals surface area contributed by atoms with Gasteiger partial charge in [-0.05, 0) is 24.6 Å². The Balaban J connectivity index is 2.54. The SMILES string of the molecule is CC=NOC(=O)Nc1ccc(CC(=O)OC)cc1. The first-order valence-electron chi connectivity index (χ1n) is 5.27. The van der Waals surface area contributed by atoms with E-state index in [1.165, 1.54) is 13.3 Å². The average Bonchev–Trinajstić information content (AvgIpc) is 2.38. The quantitative estimate of drug-likeness (QED) is 0.383. The predicted molar refractivity (Wildman–Crippen MR) is 66.4 cm³/mol. The van der Waals surface area contributed by atoms with E-state index in [4.69, 9.17) is 0 Å². The highest BCUT2D eigenvalue weighted by Crippen LogP contribution is 2.10. The summed E-state index contributed by atoms with van der Waals surface area (Å²) in [6, 6.07) is 6.76. The van der Waals surface area contributed by atoms with Crippen LogP contribution in [-0.2, 0) is 20.8 Å². The summed E-state index contributed by atoms with van der Waals surface area (Å²) in [5.74, 6) is -0.313. The third-order valence-corrected chi connectivity index (χ3v) is 2.02. The summed E-state index contributed by atoms with van der Waals surface area (Å²) in [6.07, 6.45) is 0.884. The lowest BCUT2D eigenvalue weighted by molar-refractivity contribution is -0.139. The molecule has 1 N–H and O–H groups in total. The van der Waals surface area contributed by atoms with Crippen molar-refractivity contribution in [1.29, 1.82) is 0 Å². The molecule has 0 aromatic heterocycles. The van der Waals surface area contributed by atoms with E-state index in [-0.39, 0.29) is 12.4 Å². The molecule has 1 aromatic rings. The van der Waals surface area contributed by atoms with Crippen LogP contribution < -0.4 is 5.32 Å². The Morgan fingerprint density at radius 2 is 2.00 bits per heavy atom. The summed E-state index contributed by atoms with van der Waals surface area (Å²) in [5.41, 5.74) is 1.35. The largest absolute Gasteiger partial charge is 0.469 e. The maximum atomic E-state index is 11.2. The first kappa shape index (κ1) is 13.7. The van der Waals surface area contributed by atoms with Gasteiger partial charge in [-0.3, -0.25) is 14.9 Å². The number of nitrogens with zero attached hydrogens (tertiary/aromatic N) is 1. The minimum Gasteiger partial charge on any atom is -0.469 e. The van der Waals surface area contributed by atoms with Gasteiger partial charge in [0.2, 0.25) is 0 Å². The Labute approximate surface area is 105 Å². The van der Waals surface area contributed by atoms with E-state index < -0.39 is 6.09 Å². The molecule has 18 heavy (non-hydrogen) atoms. The number of anilines is 1. The average molecular weight is 250 g/mol. The van der Waals surface area contributed by atoms with Crippen molar-refractivity contribution in [2.75, 3.05) is 12.4 Å². The number of oxime groups is 1. The monoisotopic (exact) mass is 250 g/mol. The zero-order valence-electron chi connectivity index (χ0n) is 10.2. The molecule has 1 rings (SSSR count). The number of nitrogens with one attached hydrogen (secondary N) is 1. The number of benzene rings is 1. The number of amides is 1. The van der Waals surface area contributed by atoms with Crippen molar-refractivity contribution in [1.82, 2.24) is 0 Å². The summed E-state index contributed by atoms with van der Waals surface area (Å²) in [5, 5.41) is 5.82. The Morgan fingerprint density at radius 1 is 1.33 bits per heavy atom. The van der Waals surface area contributed by atoms with E-state index in [0.29, 0.717) is 5.69 Å². The molecule has 0 spiro atoms. The van der Waals surface area contributed by atoms with E-state index in [1.54, 1.807) is 31.2 Å². The lowest BCUT2D eigenvalue weighted by Crippen LogP contribution is -2.10. The van der Waals surface area contributed by atoms with Gasteiger partial charge < -0.3 is 4.74 Å². The van der Waals surface area contributed by atoms with Gasteiger partial charge in [0.05, 0.1) is 13.5 Å². The topological polar surface area (TPSA) is 77.0 Å². The molecule has 6 nitrogen and oxygen atoms in total. The van der Waals surface area contributed by atoms with Gasteiger partial charge in [0.25, 0.3) is 0 Å². The van der Waals surface area contributed by atoms with Gasteiger partial charge >= 0.3 is 12.1 Å². The van der Waals surface area contributed by atoms with Crippen molar-refractivity contribution in [3.8, 4) is 0 Å². The van der Waals surface area contributed by atoms with Crippen LogP contribution in [0, 0.1) is 0 Å². The van der Waals surface area contributed by atoms with Gasteiger partial charge in [0.15, 0.2) is 0 Å². The predicted octanol–water partition coefficient (Wildman–Crippen LogP) is 1.96. The van der Waals surface area contributed by atoms with Crippen molar-refractivity contribution >= 4 is 24.0 Å². The molecule has 0 heterocycles. The van der Waals surface area contributed by atoms with Gasteiger partial charge in [0, 0.05) is 11.9 Å². The van der Waals surface area contributed by atoms with Crippen LogP contribution in [0.2, 0.25) is 0 Å². The highest BCUT2D eigenvalue weighted by molar-refractivity contribution is 5.84. The van der Waals surface area contributed by atoms with Crippen molar-refractivity contribution in [3.63, 3.8) is 0 Å². The number of carbonyl (C=O) groups excluding carboxylic acids is 2. The standard InChI is InChI=1S/C12H14N2O4/c1-3-13-18-12(16)14-10-6-4-9(5-7-10)8-11(15)17-2/h3-7H,8H2,1-2H3,(H,14,16). The maximum Gasteiger partial charge on any atom is 0.437 e. The molecule has 0 saturated carbocycles. The molecule has 6 heteroatoms. The summed E-state index contributed by atoms with van der Waals surface area (Å²) >= 11 is 0. The fourth-order valence-electron chi connectivity index (χ4n) is 1.19. The Hall–Kier alpha value is -2.37. The van der Waals surface area contributed by atoms with Crippen LogP contribution in [0.4, 0.5) is 10.5 Å². The number of ether oxygens (including phenoxy) is 1. The zero-order chi connectivity index (χ0) is 13.4. The maximum absolute atomic E-state index is 11.2. The highest BCUT2D eigenvalue weighted by atomic mass is 16.7. The highest BCUT2D eigenvalue weighted by Gasteiger charge is 2.05. The van der Waals surface area contributed by atoms with Crippen molar-refractivity contribution in [2.24, 2.45) is 5.16 Å². The first-order chi connectivity index (χ1) is 8.65. The Kier molecular flexibility index (Phi) is 5.37. The van der Waals surface area contributed by atoms with Gasteiger partial charge in [0.1, 0.15) is 0 Å². The lowest BCUT2D eigenvalue weighted by Gasteiger charge is -2.04. The van der Waals surface area contributed by atoms with Crippen LogP contribution in [0.15, 0.2) is 29.4 Å². The molecule has 0 unspecified atom stereocenters. The number of rotatable bonds is 4. The minimum absolute atomic E-state index is 0.196. The van der Waals surface area contributed by atoms with E-state index in [1.807, 2.05) is 0 Å². The third kappa shape index (κ3) is 4.65. The smallest absolute Gasteiger partial charge is 0.437 e. The van der Waals surface area contributed by atoms with Gasteiger partial charge in [-0.1, -0.05) is 17.3 Å². The number of hydrogen-bond acceptors (Lipinski definition) is 5. The van der Waals surface area contributed by atoms with Gasteiger partial charge in [-0.25, -0.2) is 4.79 Å². The Morgan fingerprint density at radius 3 is 2.56 bits per heavy atom. The van der Waals surface area contributed by atoms with Crippen LogP contribution >= 0.6 is 0 Å². The normalized spacial score (nSPS) is 10.1. The molecule has 0 bridgehead atoms. The molecule has 1 aromatic carbocycles. The summed E-state index contributed by atoms with van der Waals surface area (Å²) in [4.78, 5) is 26.6. The van der Waals surface area contributed by atoms with Crippen LogP contribution in [-0.4, -0.2) is 25.4 Å². The summed E-state index contributed by atoms with van der Waals surface area (Å²) in [6.45, 7) is 1.63. The second-order valence-electron chi connectivity index (χ2n) is 3.32. The molecule has 0 atom stereocenters. The number of methoxy groups -OCH3 is 1. The molecule has 0 aliphatic heterocycles. The third-order valence-electron chi connectivity index (χ3n) is 2.02. The fraction of sp³-hybridized carbons (Fsp3) is 0.250. The first-order valence-corrected chi connectivity index (χ1v) is 5.27. The van der Waals surface area contributed by atoms with E-state index in [9.17, 15) is 9.59 Å². The lowest BCUT2D eigenvalue weighted by atomic mass is 10.1. The van der Waals surface area contributed by atoms with Gasteiger partial charge in [-0.2, -0.15) is 0 Å². The molecule has 0 aliphatic carbocycles. The fourth-order valence-corrected chi connectivity index (χ4v) is 1.19. The van der Waals surface area contributed by atoms with Crippen molar-refractivity contribution < 1.29 is 19.2 Å². The van der Waals surface area contributed by atoms with Crippen LogP contribution in [0.5, 0.6) is 0 Å². The van der Waals surface area contributed by atoms with Crippen LogP contribution in [0.3, 0.4) is 0 Å². The van der Waals surface area contributed by atoms with Crippen LogP contribution in [0.25, 0.3) is 0 Å². The Bertz CT molecular complexity index is 440. The van der Waals surface area contributed by atoms with Crippen molar-refractivity contribution in [3.05, 3.63) is 29.8 Å². The van der Waals surface area contributed by atoms with Gasteiger partial charge in [-0.15, -0.1) is 0 Å². The van der Waals surface area contributed by atoms with Crippen molar-refractivity contribution in [2.45, 2.75) is 13.3 Å². The molecule has 0 fully saturated rings. The molecule has 0 radical (unpaired) electrons. The minimum atomic E-state index is -0.672. The van der Waals surface area contributed by atoms with Crippen LogP contribution in [0.1, 0.15) is 12.5 Å². The number of esters is 1. The van der Waals surface area contributed by atoms with E-state index in [0.717, 1.165) is 5.56 Å². The molecular formula is C12H14N2O4. The molecule has 1 amide bonds. The zero-order valence-corrected chi connectivity index (χ0v) is 10.2. The second-order valence-corrected chi connectivity index (χ2v) is 3.32. The number of carbonyl (C=O) groups is 2. The molecule has 0 aliphatic rings. The van der Waals surface area contributed by atoms with E-state index >= 15 is 0 Å². The summed E-state index contributed by atoms with van der Waals surface area (Å²) in [7, 11) is 1.34. The number of hydrogen-bond donors (Lipinski definition) is 1. The molecule has 96 valence electrons.